The van der Waals surface area contributed by atoms with Crippen molar-refractivity contribution in [1.29, 1.82) is 0 Å². The van der Waals surface area contributed by atoms with Crippen molar-refractivity contribution < 1.29 is 19.1 Å². The number of likely N-dealkylation sites (tertiary alicyclic amines) is 1. The number of amides is 2. The molecular formula is C23H26N2O4. The van der Waals surface area contributed by atoms with Gasteiger partial charge >= 0.3 is 11.8 Å². The topological polar surface area (TPSA) is 75.7 Å². The van der Waals surface area contributed by atoms with Crippen molar-refractivity contribution in [2.24, 2.45) is 5.92 Å². The number of anilines is 1. The van der Waals surface area contributed by atoms with Crippen LogP contribution < -0.4 is 10.1 Å². The molecule has 1 aliphatic heterocycles. The average molecular weight is 394 g/mol. The molecule has 152 valence electrons. The summed E-state index contributed by atoms with van der Waals surface area (Å²) in [5, 5.41) is 2.61. The molecule has 1 atom stereocenters. The largest absolute Gasteiger partial charge is 0.491 e. The number of para-hydroxylation sites is 1. The predicted octanol–water partition coefficient (Wildman–Crippen LogP) is 3.53. The van der Waals surface area contributed by atoms with Gasteiger partial charge in [-0.2, -0.15) is 0 Å². The zero-order valence-corrected chi connectivity index (χ0v) is 16.8. The van der Waals surface area contributed by atoms with Gasteiger partial charge in [0.1, 0.15) is 5.75 Å². The van der Waals surface area contributed by atoms with E-state index >= 15 is 0 Å². The van der Waals surface area contributed by atoms with Crippen molar-refractivity contribution in [1.82, 2.24) is 4.90 Å². The summed E-state index contributed by atoms with van der Waals surface area (Å²) >= 11 is 0. The van der Waals surface area contributed by atoms with Gasteiger partial charge in [0.15, 0.2) is 5.78 Å². The number of nitrogens with one attached hydrogen (secondary N) is 1. The van der Waals surface area contributed by atoms with Crippen molar-refractivity contribution in [3.63, 3.8) is 0 Å². The minimum Gasteiger partial charge on any atom is -0.491 e. The summed E-state index contributed by atoms with van der Waals surface area (Å²) < 4.78 is 5.67. The quantitative estimate of drug-likeness (QED) is 0.622. The smallest absolute Gasteiger partial charge is 0.313 e. The summed E-state index contributed by atoms with van der Waals surface area (Å²) in [5.41, 5.74) is 1.13. The SMILES string of the molecule is CC(C)Oc1cccc(C(=O)[C@@H]2CCCN(C(=O)C(=O)Nc3ccccc3)C2)c1. The van der Waals surface area contributed by atoms with Crippen LogP contribution in [0.3, 0.4) is 0 Å². The van der Waals surface area contributed by atoms with Crippen molar-refractivity contribution in [3.05, 3.63) is 60.2 Å². The summed E-state index contributed by atoms with van der Waals surface area (Å²) in [6.07, 6.45) is 1.40. The van der Waals surface area contributed by atoms with Gasteiger partial charge in [-0.3, -0.25) is 14.4 Å². The minimum atomic E-state index is -0.684. The Hall–Kier alpha value is -3.15. The Balaban J connectivity index is 1.64. The third kappa shape index (κ3) is 5.44. The summed E-state index contributed by atoms with van der Waals surface area (Å²) in [5.74, 6) is -0.997. The van der Waals surface area contributed by atoms with Crippen LogP contribution in [0.4, 0.5) is 5.69 Å². The number of ether oxygens (including phenoxy) is 1. The maximum Gasteiger partial charge on any atom is 0.313 e. The van der Waals surface area contributed by atoms with Crippen LogP contribution in [-0.2, 0) is 9.59 Å². The molecule has 0 bridgehead atoms. The van der Waals surface area contributed by atoms with E-state index in [1.807, 2.05) is 26.0 Å². The Morgan fingerprint density at radius 2 is 1.83 bits per heavy atom. The lowest BCUT2D eigenvalue weighted by molar-refractivity contribution is -0.144. The summed E-state index contributed by atoms with van der Waals surface area (Å²) in [7, 11) is 0. The molecule has 0 spiro atoms. The van der Waals surface area contributed by atoms with Crippen LogP contribution in [-0.4, -0.2) is 41.7 Å². The predicted molar refractivity (Wildman–Crippen MR) is 111 cm³/mol. The zero-order chi connectivity index (χ0) is 20.8. The van der Waals surface area contributed by atoms with Gasteiger partial charge in [-0.05, 0) is 51.0 Å². The first-order chi connectivity index (χ1) is 13.9. The van der Waals surface area contributed by atoms with Gasteiger partial charge in [0.05, 0.1) is 6.10 Å². The average Bonchev–Trinajstić information content (AvgIpc) is 2.73. The molecule has 0 aromatic heterocycles. The Morgan fingerprint density at radius 1 is 1.07 bits per heavy atom. The number of piperidine rings is 1. The van der Waals surface area contributed by atoms with Gasteiger partial charge in [-0.15, -0.1) is 0 Å². The van der Waals surface area contributed by atoms with Crippen LogP contribution in [0.5, 0.6) is 5.75 Å². The van der Waals surface area contributed by atoms with Gasteiger partial charge in [-0.1, -0.05) is 30.3 Å². The van der Waals surface area contributed by atoms with E-state index in [0.29, 0.717) is 36.4 Å². The van der Waals surface area contributed by atoms with Crippen LogP contribution in [0.15, 0.2) is 54.6 Å². The van der Waals surface area contributed by atoms with E-state index in [4.69, 9.17) is 4.74 Å². The molecule has 6 nitrogen and oxygen atoms in total. The van der Waals surface area contributed by atoms with E-state index in [-0.39, 0.29) is 24.3 Å². The highest BCUT2D eigenvalue weighted by molar-refractivity contribution is 6.39. The number of hydrogen-bond acceptors (Lipinski definition) is 4. The lowest BCUT2D eigenvalue weighted by Crippen LogP contribution is -2.46. The number of nitrogens with zero attached hydrogens (tertiary/aromatic N) is 1. The lowest BCUT2D eigenvalue weighted by Gasteiger charge is -2.31. The van der Waals surface area contributed by atoms with Gasteiger partial charge in [0, 0.05) is 30.3 Å². The standard InChI is InChI=1S/C23H26N2O4/c1-16(2)29-20-12-6-8-17(14-20)21(26)18-9-7-13-25(15-18)23(28)22(27)24-19-10-4-3-5-11-19/h3-6,8,10-12,14,16,18H,7,9,13,15H2,1-2H3,(H,24,27)/t18-/m1/s1. The fourth-order valence-corrected chi connectivity index (χ4v) is 3.46. The van der Waals surface area contributed by atoms with E-state index in [2.05, 4.69) is 5.32 Å². The molecule has 1 fully saturated rings. The second kappa shape index (κ2) is 9.37. The molecule has 2 amide bonds. The molecule has 2 aromatic carbocycles. The number of carbonyl (C=O) groups is 3. The van der Waals surface area contributed by atoms with E-state index in [9.17, 15) is 14.4 Å². The molecule has 0 saturated carbocycles. The molecule has 1 N–H and O–H groups in total. The number of Topliss-reactive ketones (excluding diaryl/α,β-unsaturated/α-hetero) is 1. The maximum atomic E-state index is 13.0. The van der Waals surface area contributed by atoms with Crippen LogP contribution in [0.2, 0.25) is 0 Å². The Kier molecular flexibility index (Phi) is 6.65. The van der Waals surface area contributed by atoms with Crippen molar-refractivity contribution in [2.75, 3.05) is 18.4 Å². The number of ketones is 1. The highest BCUT2D eigenvalue weighted by Gasteiger charge is 2.31. The Bertz CT molecular complexity index is 879. The first kappa shape index (κ1) is 20.6. The van der Waals surface area contributed by atoms with E-state index in [0.717, 1.165) is 0 Å². The molecular weight excluding hydrogens is 368 g/mol. The monoisotopic (exact) mass is 394 g/mol. The number of benzene rings is 2. The molecule has 0 aliphatic carbocycles. The summed E-state index contributed by atoms with van der Waals surface area (Å²) in [6, 6.07) is 16.0. The van der Waals surface area contributed by atoms with Gasteiger partial charge in [0.2, 0.25) is 0 Å². The van der Waals surface area contributed by atoms with Crippen molar-refractivity contribution in [3.8, 4) is 5.75 Å². The highest BCUT2D eigenvalue weighted by Crippen LogP contribution is 2.24. The van der Waals surface area contributed by atoms with Crippen molar-refractivity contribution >= 4 is 23.3 Å². The van der Waals surface area contributed by atoms with Gasteiger partial charge < -0.3 is 15.0 Å². The third-order valence-electron chi connectivity index (χ3n) is 4.80. The Morgan fingerprint density at radius 3 is 2.55 bits per heavy atom. The van der Waals surface area contributed by atoms with Gasteiger partial charge in [-0.25, -0.2) is 0 Å². The van der Waals surface area contributed by atoms with Crippen LogP contribution in [0.1, 0.15) is 37.0 Å². The number of hydrogen-bond donors (Lipinski definition) is 1. The zero-order valence-electron chi connectivity index (χ0n) is 16.8. The molecule has 2 aromatic rings. The molecule has 6 heteroatoms. The third-order valence-corrected chi connectivity index (χ3v) is 4.80. The second-order valence-electron chi connectivity index (χ2n) is 7.47. The molecule has 29 heavy (non-hydrogen) atoms. The normalized spacial score (nSPS) is 16.4. The molecule has 1 aliphatic rings. The number of carbonyl (C=O) groups excluding carboxylic acids is 3. The van der Waals surface area contributed by atoms with E-state index < -0.39 is 11.8 Å². The molecule has 1 saturated heterocycles. The molecule has 1 heterocycles. The first-order valence-electron chi connectivity index (χ1n) is 9.90. The van der Waals surface area contributed by atoms with E-state index in [1.165, 1.54) is 4.90 Å². The second-order valence-corrected chi connectivity index (χ2v) is 7.47. The minimum absolute atomic E-state index is 0.0197. The Labute approximate surface area is 170 Å². The van der Waals surface area contributed by atoms with E-state index in [1.54, 1.807) is 42.5 Å². The lowest BCUT2D eigenvalue weighted by atomic mass is 9.90. The van der Waals surface area contributed by atoms with Crippen LogP contribution >= 0.6 is 0 Å². The summed E-state index contributed by atoms with van der Waals surface area (Å²) in [6.45, 7) is 4.58. The number of rotatable bonds is 5. The summed E-state index contributed by atoms with van der Waals surface area (Å²) in [4.78, 5) is 39.3. The van der Waals surface area contributed by atoms with Crippen LogP contribution in [0, 0.1) is 5.92 Å². The fraction of sp³-hybridized carbons (Fsp3) is 0.348. The first-order valence-corrected chi connectivity index (χ1v) is 9.90. The highest BCUT2D eigenvalue weighted by atomic mass is 16.5. The van der Waals surface area contributed by atoms with Crippen molar-refractivity contribution in [2.45, 2.75) is 32.8 Å². The fourth-order valence-electron chi connectivity index (χ4n) is 3.46. The molecule has 0 unspecified atom stereocenters. The van der Waals surface area contributed by atoms with Gasteiger partial charge in [0.25, 0.3) is 0 Å². The maximum absolute atomic E-state index is 13.0. The molecule has 3 rings (SSSR count). The molecule has 0 radical (unpaired) electrons. The van der Waals surface area contributed by atoms with Crippen LogP contribution in [0.25, 0.3) is 0 Å².